The zero-order chi connectivity index (χ0) is 12.0. The Labute approximate surface area is 99.7 Å². The molecule has 1 aromatic carbocycles. The van der Waals surface area contributed by atoms with Crippen molar-refractivity contribution in [2.45, 2.75) is 33.7 Å². The quantitative estimate of drug-likeness (QED) is 0.793. The number of benzene rings is 1. The maximum Gasteiger partial charge on any atom is 0.0396 e. The van der Waals surface area contributed by atoms with E-state index in [1.54, 1.807) is 0 Å². The van der Waals surface area contributed by atoms with Crippen LogP contribution >= 0.6 is 0 Å². The second kappa shape index (κ2) is 6.54. The maximum atomic E-state index is 3.19. The van der Waals surface area contributed by atoms with Gasteiger partial charge in [0, 0.05) is 25.3 Å². The minimum atomic E-state index is 0.945. The molecule has 0 bridgehead atoms. The van der Waals surface area contributed by atoms with Crippen molar-refractivity contribution in [3.05, 3.63) is 29.3 Å². The fourth-order valence-electron chi connectivity index (χ4n) is 2.11. The van der Waals surface area contributed by atoms with Gasteiger partial charge in [-0.3, -0.25) is 0 Å². The summed E-state index contributed by atoms with van der Waals surface area (Å²) in [5, 5.41) is 3.19. The van der Waals surface area contributed by atoms with Gasteiger partial charge in [0.1, 0.15) is 0 Å². The van der Waals surface area contributed by atoms with E-state index in [1.165, 1.54) is 23.2 Å². The molecule has 0 aliphatic rings. The van der Waals surface area contributed by atoms with E-state index in [0.717, 1.165) is 19.6 Å². The molecular weight excluding hydrogens is 196 g/mol. The third kappa shape index (κ3) is 3.24. The lowest BCUT2D eigenvalue weighted by atomic mass is 10.1. The normalized spacial score (nSPS) is 10.5. The molecule has 2 nitrogen and oxygen atoms in total. The number of nitrogens with zero attached hydrogens (tertiary/aromatic N) is 1. The molecule has 90 valence electrons. The monoisotopic (exact) mass is 220 g/mol. The van der Waals surface area contributed by atoms with Gasteiger partial charge in [0.05, 0.1) is 0 Å². The summed E-state index contributed by atoms with van der Waals surface area (Å²) in [5.74, 6) is 0. The Hall–Kier alpha value is -1.02. The van der Waals surface area contributed by atoms with Crippen LogP contribution in [0, 0.1) is 6.92 Å². The van der Waals surface area contributed by atoms with E-state index in [1.807, 2.05) is 7.05 Å². The fourth-order valence-corrected chi connectivity index (χ4v) is 2.11. The van der Waals surface area contributed by atoms with Crippen molar-refractivity contribution < 1.29 is 0 Å². The SMILES string of the molecule is CCCN(CC)c1ccc(CNC)cc1C. The lowest BCUT2D eigenvalue weighted by Gasteiger charge is -2.24. The molecule has 0 aliphatic heterocycles. The zero-order valence-electron chi connectivity index (χ0n) is 11.0. The van der Waals surface area contributed by atoms with Gasteiger partial charge in [0.25, 0.3) is 0 Å². The van der Waals surface area contributed by atoms with Gasteiger partial charge in [-0.1, -0.05) is 19.1 Å². The highest BCUT2D eigenvalue weighted by molar-refractivity contribution is 5.54. The zero-order valence-corrected chi connectivity index (χ0v) is 11.0. The Morgan fingerprint density at radius 1 is 1.25 bits per heavy atom. The van der Waals surface area contributed by atoms with Gasteiger partial charge in [-0.2, -0.15) is 0 Å². The summed E-state index contributed by atoms with van der Waals surface area (Å²) in [6.45, 7) is 9.82. The van der Waals surface area contributed by atoms with E-state index >= 15 is 0 Å². The van der Waals surface area contributed by atoms with Gasteiger partial charge in [0.2, 0.25) is 0 Å². The average molecular weight is 220 g/mol. The van der Waals surface area contributed by atoms with Crippen molar-refractivity contribution in [3.63, 3.8) is 0 Å². The molecule has 0 aliphatic carbocycles. The van der Waals surface area contributed by atoms with Gasteiger partial charge in [-0.25, -0.2) is 0 Å². The van der Waals surface area contributed by atoms with Crippen molar-refractivity contribution in [2.24, 2.45) is 0 Å². The molecular formula is C14H24N2. The molecule has 1 N–H and O–H groups in total. The summed E-state index contributed by atoms with van der Waals surface area (Å²) in [6, 6.07) is 6.75. The fraction of sp³-hybridized carbons (Fsp3) is 0.571. The van der Waals surface area contributed by atoms with Crippen LogP contribution in [0.15, 0.2) is 18.2 Å². The topological polar surface area (TPSA) is 15.3 Å². The Kier molecular flexibility index (Phi) is 5.33. The van der Waals surface area contributed by atoms with Gasteiger partial charge >= 0.3 is 0 Å². The molecule has 0 radical (unpaired) electrons. The molecule has 0 saturated heterocycles. The first-order chi connectivity index (χ1) is 7.72. The van der Waals surface area contributed by atoms with Crippen LogP contribution < -0.4 is 10.2 Å². The van der Waals surface area contributed by atoms with Crippen LogP contribution in [0.25, 0.3) is 0 Å². The number of aryl methyl sites for hydroxylation is 1. The molecule has 1 rings (SSSR count). The third-order valence-corrected chi connectivity index (χ3v) is 2.86. The number of nitrogens with one attached hydrogen (secondary N) is 1. The van der Waals surface area contributed by atoms with Crippen molar-refractivity contribution in [2.75, 3.05) is 25.0 Å². The van der Waals surface area contributed by atoms with E-state index in [9.17, 15) is 0 Å². The number of rotatable bonds is 6. The average Bonchev–Trinajstić information content (AvgIpc) is 2.27. The Morgan fingerprint density at radius 2 is 2.00 bits per heavy atom. The van der Waals surface area contributed by atoms with Crippen LogP contribution in [0.1, 0.15) is 31.4 Å². The second-order valence-corrected chi connectivity index (χ2v) is 4.23. The van der Waals surface area contributed by atoms with Crippen molar-refractivity contribution in [3.8, 4) is 0 Å². The van der Waals surface area contributed by atoms with Crippen LogP contribution in [0.4, 0.5) is 5.69 Å². The van der Waals surface area contributed by atoms with Gasteiger partial charge < -0.3 is 10.2 Å². The first-order valence-electron chi connectivity index (χ1n) is 6.22. The summed E-state index contributed by atoms with van der Waals surface area (Å²) in [4.78, 5) is 2.44. The molecule has 0 fully saturated rings. The third-order valence-electron chi connectivity index (χ3n) is 2.86. The number of anilines is 1. The standard InChI is InChI=1S/C14H24N2/c1-5-9-16(6-2)14-8-7-13(11-15-4)10-12(14)3/h7-8,10,15H,5-6,9,11H2,1-4H3. The highest BCUT2D eigenvalue weighted by atomic mass is 15.1. The molecule has 0 spiro atoms. The minimum Gasteiger partial charge on any atom is -0.372 e. The Morgan fingerprint density at radius 3 is 2.50 bits per heavy atom. The summed E-state index contributed by atoms with van der Waals surface area (Å²) in [7, 11) is 1.98. The van der Waals surface area contributed by atoms with Gasteiger partial charge in [0.15, 0.2) is 0 Å². The van der Waals surface area contributed by atoms with E-state index in [-0.39, 0.29) is 0 Å². The predicted molar refractivity (Wildman–Crippen MR) is 72.1 cm³/mol. The summed E-state index contributed by atoms with van der Waals surface area (Å²) in [5.41, 5.74) is 4.11. The van der Waals surface area contributed by atoms with Gasteiger partial charge in [-0.15, -0.1) is 0 Å². The lowest BCUT2D eigenvalue weighted by Crippen LogP contribution is -2.24. The van der Waals surface area contributed by atoms with Crippen molar-refractivity contribution in [1.29, 1.82) is 0 Å². The van der Waals surface area contributed by atoms with Crippen LogP contribution in [-0.4, -0.2) is 20.1 Å². The summed E-state index contributed by atoms with van der Waals surface area (Å²) >= 11 is 0. The van der Waals surface area contributed by atoms with Gasteiger partial charge in [-0.05, 0) is 44.5 Å². The molecule has 0 aromatic heterocycles. The van der Waals surface area contributed by atoms with Crippen LogP contribution in [-0.2, 0) is 6.54 Å². The Balaban J connectivity index is 2.87. The molecule has 0 unspecified atom stereocenters. The second-order valence-electron chi connectivity index (χ2n) is 4.23. The van der Waals surface area contributed by atoms with E-state index in [4.69, 9.17) is 0 Å². The van der Waals surface area contributed by atoms with E-state index < -0.39 is 0 Å². The largest absolute Gasteiger partial charge is 0.372 e. The van der Waals surface area contributed by atoms with Crippen LogP contribution in [0.3, 0.4) is 0 Å². The lowest BCUT2D eigenvalue weighted by molar-refractivity contribution is 0.785. The van der Waals surface area contributed by atoms with Crippen molar-refractivity contribution >= 4 is 5.69 Å². The smallest absolute Gasteiger partial charge is 0.0396 e. The predicted octanol–water partition coefficient (Wildman–Crippen LogP) is 2.95. The first kappa shape index (κ1) is 13.0. The van der Waals surface area contributed by atoms with E-state index in [2.05, 4.69) is 49.2 Å². The highest BCUT2D eigenvalue weighted by Gasteiger charge is 2.06. The molecule has 0 heterocycles. The molecule has 0 amide bonds. The molecule has 2 heteroatoms. The van der Waals surface area contributed by atoms with Crippen LogP contribution in [0.2, 0.25) is 0 Å². The molecule has 16 heavy (non-hydrogen) atoms. The Bertz CT molecular complexity index is 321. The molecule has 1 aromatic rings. The number of hydrogen-bond donors (Lipinski definition) is 1. The summed E-state index contributed by atoms with van der Waals surface area (Å²) < 4.78 is 0. The minimum absolute atomic E-state index is 0.945. The maximum absolute atomic E-state index is 3.19. The molecule has 0 saturated carbocycles. The molecule has 0 atom stereocenters. The highest BCUT2D eigenvalue weighted by Crippen LogP contribution is 2.21. The van der Waals surface area contributed by atoms with E-state index in [0.29, 0.717) is 0 Å². The van der Waals surface area contributed by atoms with Crippen LogP contribution in [0.5, 0.6) is 0 Å². The first-order valence-corrected chi connectivity index (χ1v) is 6.22. The van der Waals surface area contributed by atoms with Crippen molar-refractivity contribution in [1.82, 2.24) is 5.32 Å². The number of hydrogen-bond acceptors (Lipinski definition) is 2. The summed E-state index contributed by atoms with van der Waals surface area (Å²) in [6.07, 6.45) is 1.20.